The number of unbranched alkanes of at least 4 members (excludes halogenated alkanes) is 27. The number of hydrogen-bond donors (Lipinski definition) is 1. The largest absolute Gasteiger partial charge is 0.328 e. The average Bonchev–Trinajstić information content (AvgIpc) is 2.98. The van der Waals surface area contributed by atoms with E-state index in [1.54, 1.807) is 0 Å². The minimum Gasteiger partial charge on any atom is -0.328 e. The van der Waals surface area contributed by atoms with Gasteiger partial charge in [-0.3, -0.25) is 0 Å². The third-order valence-corrected chi connectivity index (χ3v) is 8.90. The predicted octanol–water partition coefficient (Wildman–Crippen LogP) is 14.3. The van der Waals surface area contributed by atoms with Crippen molar-refractivity contribution in [2.24, 2.45) is 5.73 Å². The van der Waals surface area contributed by atoms with Gasteiger partial charge in [0.2, 0.25) is 0 Å². The van der Waals surface area contributed by atoms with E-state index in [0.29, 0.717) is 6.04 Å². The lowest BCUT2D eigenvalue weighted by molar-refractivity contribution is 0.477. The summed E-state index contributed by atoms with van der Waals surface area (Å²) in [6.45, 7) is 4.53. The van der Waals surface area contributed by atoms with Crippen molar-refractivity contribution in [3.8, 4) is 0 Å². The van der Waals surface area contributed by atoms with Crippen molar-refractivity contribution in [2.45, 2.75) is 232 Å². The summed E-state index contributed by atoms with van der Waals surface area (Å²) in [5.41, 5.74) is 6.41. The topological polar surface area (TPSA) is 26.0 Å². The Balaban J connectivity index is 3.17. The summed E-state index contributed by atoms with van der Waals surface area (Å²) in [5, 5.41) is 0. The second kappa shape index (κ2) is 37.5. The zero-order chi connectivity index (χ0) is 29.7. The number of rotatable bonds is 35. The summed E-state index contributed by atoms with van der Waals surface area (Å²) in [6, 6.07) is 0.458. The lowest BCUT2D eigenvalue weighted by atomic mass is 10.00. The third-order valence-electron chi connectivity index (χ3n) is 8.90. The number of nitrogens with two attached hydrogens (primary N) is 1. The van der Waals surface area contributed by atoms with Crippen molar-refractivity contribution in [1.82, 2.24) is 0 Å². The summed E-state index contributed by atoms with van der Waals surface area (Å²) < 4.78 is 0. The highest BCUT2D eigenvalue weighted by atomic mass is 14.6. The van der Waals surface area contributed by atoms with Crippen LogP contribution < -0.4 is 5.73 Å². The van der Waals surface area contributed by atoms with Gasteiger partial charge in [-0.1, -0.05) is 199 Å². The van der Waals surface area contributed by atoms with Gasteiger partial charge in [-0.15, -0.1) is 0 Å². The van der Waals surface area contributed by atoms with Crippen LogP contribution in [0.4, 0.5) is 0 Å². The molecule has 0 radical (unpaired) electrons. The molecule has 0 saturated carbocycles. The Morgan fingerprint density at radius 2 is 0.585 bits per heavy atom. The predicted molar refractivity (Wildman–Crippen MR) is 190 cm³/mol. The highest BCUT2D eigenvalue weighted by molar-refractivity contribution is 4.81. The van der Waals surface area contributed by atoms with E-state index >= 15 is 0 Å². The van der Waals surface area contributed by atoms with Gasteiger partial charge in [0.05, 0.1) is 0 Å². The zero-order valence-electron chi connectivity index (χ0n) is 28.8. The van der Waals surface area contributed by atoms with Crippen LogP contribution in [0.3, 0.4) is 0 Å². The molecule has 1 unspecified atom stereocenters. The minimum atomic E-state index is 0.458. The van der Waals surface area contributed by atoms with E-state index in [-0.39, 0.29) is 0 Å². The Bertz CT molecular complexity index is 507. The molecule has 0 fully saturated rings. The second-order valence-electron chi connectivity index (χ2n) is 13.3. The van der Waals surface area contributed by atoms with Crippen LogP contribution in [0.5, 0.6) is 0 Å². The average molecular weight is 574 g/mol. The summed E-state index contributed by atoms with van der Waals surface area (Å²) in [4.78, 5) is 0. The van der Waals surface area contributed by atoms with Crippen molar-refractivity contribution in [2.75, 3.05) is 0 Å². The first-order chi connectivity index (χ1) is 20.3. The molecule has 0 aliphatic carbocycles. The molecule has 0 aromatic heterocycles. The Morgan fingerprint density at radius 1 is 0.317 bits per heavy atom. The molecule has 1 nitrogen and oxygen atoms in total. The fourth-order valence-electron chi connectivity index (χ4n) is 5.98. The van der Waals surface area contributed by atoms with Gasteiger partial charge in [-0.25, -0.2) is 0 Å². The van der Waals surface area contributed by atoms with Gasteiger partial charge in [-0.2, -0.15) is 0 Å². The van der Waals surface area contributed by atoms with Crippen LogP contribution in [0, 0.1) is 0 Å². The number of allylic oxidation sites excluding steroid dienone is 4. The summed E-state index contributed by atoms with van der Waals surface area (Å²) in [6.07, 6.45) is 55.4. The van der Waals surface area contributed by atoms with Gasteiger partial charge in [0.1, 0.15) is 0 Å². The maximum atomic E-state index is 6.41. The molecule has 2 N–H and O–H groups in total. The van der Waals surface area contributed by atoms with Crippen LogP contribution in [0.15, 0.2) is 24.3 Å². The Labute approximate surface area is 261 Å². The second-order valence-corrected chi connectivity index (χ2v) is 13.3. The molecular weight excluding hydrogens is 494 g/mol. The van der Waals surface area contributed by atoms with Gasteiger partial charge in [0, 0.05) is 6.04 Å². The van der Waals surface area contributed by atoms with Crippen LogP contribution in [-0.2, 0) is 0 Å². The molecule has 1 heteroatoms. The molecule has 0 aromatic rings. The lowest BCUT2D eigenvalue weighted by Crippen LogP contribution is -2.19. The molecular formula is C40H79N. The van der Waals surface area contributed by atoms with Gasteiger partial charge < -0.3 is 5.73 Å². The Morgan fingerprint density at radius 3 is 0.902 bits per heavy atom. The lowest BCUT2D eigenvalue weighted by Gasteiger charge is -2.11. The quantitative estimate of drug-likeness (QED) is 0.0592. The van der Waals surface area contributed by atoms with Crippen molar-refractivity contribution in [3.63, 3.8) is 0 Å². The first kappa shape index (κ1) is 40.4. The van der Waals surface area contributed by atoms with Crippen LogP contribution in [0.25, 0.3) is 0 Å². The third kappa shape index (κ3) is 37.4. The molecule has 0 spiro atoms. The highest BCUT2D eigenvalue weighted by Crippen LogP contribution is 2.16. The normalized spacial score (nSPS) is 12.8. The Kier molecular flexibility index (Phi) is 37.0. The van der Waals surface area contributed by atoms with Gasteiger partial charge in [0.25, 0.3) is 0 Å². The summed E-state index contributed by atoms with van der Waals surface area (Å²) in [7, 11) is 0. The molecule has 0 aliphatic heterocycles. The highest BCUT2D eigenvalue weighted by Gasteiger charge is 2.03. The van der Waals surface area contributed by atoms with Gasteiger partial charge in [-0.05, 0) is 51.4 Å². The van der Waals surface area contributed by atoms with Crippen molar-refractivity contribution in [3.05, 3.63) is 24.3 Å². The van der Waals surface area contributed by atoms with E-state index in [9.17, 15) is 0 Å². The van der Waals surface area contributed by atoms with E-state index in [0.717, 1.165) is 0 Å². The van der Waals surface area contributed by atoms with Crippen LogP contribution >= 0.6 is 0 Å². The standard InChI is InChI=1S/C40H79N/c1-3-5-7-9-11-13-15-17-19-21-23-25-27-29-31-33-35-37-39-40(41)38-36-34-32-30-28-26-24-22-20-18-16-14-12-10-8-6-4-2/h8-11,40H,3-7,12-39,41H2,1-2H3. The van der Waals surface area contributed by atoms with Gasteiger partial charge >= 0.3 is 0 Å². The van der Waals surface area contributed by atoms with Gasteiger partial charge in [0.15, 0.2) is 0 Å². The van der Waals surface area contributed by atoms with E-state index in [1.807, 2.05) is 0 Å². The summed E-state index contributed by atoms with van der Waals surface area (Å²) >= 11 is 0. The SMILES string of the molecule is CCCC=CCCCCCCCCCCCCCCC(N)CCCCCCCCCCCCCCC=CCCCC. The molecule has 244 valence electrons. The maximum absolute atomic E-state index is 6.41. The van der Waals surface area contributed by atoms with E-state index in [1.165, 1.54) is 212 Å². The molecule has 0 aromatic carbocycles. The molecule has 0 bridgehead atoms. The van der Waals surface area contributed by atoms with E-state index < -0.39 is 0 Å². The molecule has 41 heavy (non-hydrogen) atoms. The molecule has 0 aliphatic rings. The van der Waals surface area contributed by atoms with Crippen molar-refractivity contribution in [1.29, 1.82) is 0 Å². The van der Waals surface area contributed by atoms with Crippen LogP contribution in [0.2, 0.25) is 0 Å². The van der Waals surface area contributed by atoms with Crippen LogP contribution in [0.1, 0.15) is 226 Å². The van der Waals surface area contributed by atoms with E-state index in [2.05, 4.69) is 38.2 Å². The molecule has 0 rings (SSSR count). The maximum Gasteiger partial charge on any atom is 0.00388 e. The first-order valence-corrected chi connectivity index (χ1v) is 19.4. The summed E-state index contributed by atoms with van der Waals surface area (Å²) in [5.74, 6) is 0. The molecule has 0 saturated heterocycles. The van der Waals surface area contributed by atoms with Crippen LogP contribution in [-0.4, -0.2) is 6.04 Å². The fraction of sp³-hybridized carbons (Fsp3) is 0.900. The Hall–Kier alpha value is -0.560. The first-order valence-electron chi connectivity index (χ1n) is 19.4. The molecule has 1 atom stereocenters. The number of hydrogen-bond acceptors (Lipinski definition) is 1. The van der Waals surface area contributed by atoms with E-state index in [4.69, 9.17) is 5.73 Å². The zero-order valence-corrected chi connectivity index (χ0v) is 28.8. The van der Waals surface area contributed by atoms with Crippen molar-refractivity contribution < 1.29 is 0 Å². The monoisotopic (exact) mass is 574 g/mol. The molecule has 0 heterocycles. The molecule has 0 amide bonds. The van der Waals surface area contributed by atoms with Crippen molar-refractivity contribution >= 4 is 0 Å². The smallest absolute Gasteiger partial charge is 0.00388 e. The minimum absolute atomic E-state index is 0.458. The fourth-order valence-corrected chi connectivity index (χ4v) is 5.98.